The molecule has 0 spiro atoms. The van der Waals surface area contributed by atoms with Crippen LogP contribution in [-0.2, 0) is 13.1 Å². The van der Waals surface area contributed by atoms with E-state index in [1.165, 1.54) is 24.0 Å². The minimum atomic E-state index is -0.348. The molecule has 1 aromatic carbocycles. The summed E-state index contributed by atoms with van der Waals surface area (Å²) >= 11 is 0. The third-order valence-corrected chi connectivity index (χ3v) is 3.54. The average molecular weight is 221 g/mol. The molecule has 1 N–H and O–H groups in total. The van der Waals surface area contributed by atoms with Crippen LogP contribution in [0.5, 0.6) is 0 Å². The van der Waals surface area contributed by atoms with Gasteiger partial charge in [0.05, 0.1) is 0 Å². The van der Waals surface area contributed by atoms with Gasteiger partial charge in [-0.15, -0.1) is 0 Å². The van der Waals surface area contributed by atoms with Crippen molar-refractivity contribution in [2.75, 3.05) is 13.1 Å². The second kappa shape index (κ2) is 5.44. The van der Waals surface area contributed by atoms with Crippen LogP contribution in [0.25, 0.3) is 0 Å². The number of hydrogen-bond donors (Lipinski definition) is 1. The zero-order chi connectivity index (χ0) is 11.4. The van der Waals surface area contributed by atoms with Gasteiger partial charge < -0.3 is 5.32 Å². The maximum atomic E-state index is 12.6. The van der Waals surface area contributed by atoms with Crippen LogP contribution in [0.1, 0.15) is 29.5 Å². The molecule has 0 unspecified atom stereocenters. The minimum absolute atomic E-state index is 0.348. The van der Waals surface area contributed by atoms with Gasteiger partial charge in [-0.25, -0.2) is 4.39 Å². The fourth-order valence-electron chi connectivity index (χ4n) is 2.42. The average Bonchev–Trinajstić information content (AvgIpc) is 2.33. The zero-order valence-corrected chi connectivity index (χ0v) is 9.93. The Morgan fingerprint density at radius 1 is 1.31 bits per heavy atom. The number of hydrogen-bond acceptors (Lipinski definition) is 1. The Hall–Kier alpha value is -0.890. The summed E-state index contributed by atoms with van der Waals surface area (Å²) in [6, 6.07) is 5.98. The summed E-state index contributed by atoms with van der Waals surface area (Å²) < 4.78 is 12.6. The monoisotopic (exact) mass is 221 g/mol. The molecule has 0 amide bonds. The van der Waals surface area contributed by atoms with E-state index >= 15 is 0 Å². The van der Waals surface area contributed by atoms with Crippen molar-refractivity contribution in [3.63, 3.8) is 0 Å². The third kappa shape index (κ3) is 2.82. The van der Waals surface area contributed by atoms with Gasteiger partial charge in [-0.1, -0.05) is 18.2 Å². The topological polar surface area (TPSA) is 12.0 Å². The molecule has 0 bridgehead atoms. The van der Waals surface area contributed by atoms with Crippen LogP contribution in [0.3, 0.4) is 0 Å². The first-order chi connectivity index (χ1) is 7.79. The standard InChI is InChI=1S/C14H20FN/c1-11-2-3-13(10-15)9-14(11)8-12-4-6-16-7-5-12/h2-3,9,12,16H,4-8,10H2,1H3. The number of rotatable bonds is 3. The fourth-order valence-corrected chi connectivity index (χ4v) is 2.42. The summed E-state index contributed by atoms with van der Waals surface area (Å²) in [7, 11) is 0. The molecule has 0 atom stereocenters. The van der Waals surface area contributed by atoms with Gasteiger partial charge in [-0.05, 0) is 61.9 Å². The molecular formula is C14H20FN. The lowest BCUT2D eigenvalue weighted by molar-refractivity contribution is 0.372. The maximum absolute atomic E-state index is 12.6. The van der Waals surface area contributed by atoms with Crippen molar-refractivity contribution in [1.29, 1.82) is 0 Å². The van der Waals surface area contributed by atoms with Crippen LogP contribution in [0.4, 0.5) is 4.39 Å². The quantitative estimate of drug-likeness (QED) is 0.827. The lowest BCUT2D eigenvalue weighted by atomic mass is 9.89. The first kappa shape index (κ1) is 11.6. The van der Waals surface area contributed by atoms with Gasteiger partial charge in [-0.2, -0.15) is 0 Å². The van der Waals surface area contributed by atoms with E-state index < -0.39 is 0 Å². The van der Waals surface area contributed by atoms with E-state index in [4.69, 9.17) is 0 Å². The normalized spacial score (nSPS) is 17.6. The molecule has 2 rings (SSSR count). The van der Waals surface area contributed by atoms with Gasteiger partial charge >= 0.3 is 0 Å². The molecule has 1 heterocycles. The molecule has 1 aromatic rings. The van der Waals surface area contributed by atoms with Gasteiger partial charge in [-0.3, -0.25) is 0 Å². The highest BCUT2D eigenvalue weighted by Gasteiger charge is 2.14. The van der Waals surface area contributed by atoms with Crippen molar-refractivity contribution in [1.82, 2.24) is 5.32 Å². The molecule has 0 aromatic heterocycles. The Kier molecular flexibility index (Phi) is 3.94. The van der Waals surface area contributed by atoms with Crippen LogP contribution in [0, 0.1) is 12.8 Å². The lowest BCUT2D eigenvalue weighted by Gasteiger charge is -2.23. The molecule has 88 valence electrons. The van der Waals surface area contributed by atoms with E-state index in [2.05, 4.69) is 12.2 Å². The SMILES string of the molecule is Cc1ccc(CF)cc1CC1CCNCC1. The van der Waals surface area contributed by atoms with E-state index in [1.807, 2.05) is 18.2 Å². The molecule has 2 heteroatoms. The van der Waals surface area contributed by atoms with Gasteiger partial charge in [0, 0.05) is 0 Å². The molecular weight excluding hydrogens is 201 g/mol. The fraction of sp³-hybridized carbons (Fsp3) is 0.571. The first-order valence-corrected chi connectivity index (χ1v) is 6.14. The Morgan fingerprint density at radius 2 is 2.06 bits per heavy atom. The molecule has 1 saturated heterocycles. The third-order valence-electron chi connectivity index (χ3n) is 3.54. The van der Waals surface area contributed by atoms with Crippen molar-refractivity contribution in [3.8, 4) is 0 Å². The van der Waals surface area contributed by atoms with Crippen LogP contribution in [0.15, 0.2) is 18.2 Å². The highest BCUT2D eigenvalue weighted by molar-refractivity contribution is 5.31. The van der Waals surface area contributed by atoms with Crippen molar-refractivity contribution in [2.45, 2.75) is 32.9 Å². The number of aryl methyl sites for hydroxylation is 1. The highest BCUT2D eigenvalue weighted by Crippen LogP contribution is 2.21. The second-order valence-electron chi connectivity index (χ2n) is 4.79. The van der Waals surface area contributed by atoms with E-state index in [9.17, 15) is 4.39 Å². The molecule has 16 heavy (non-hydrogen) atoms. The van der Waals surface area contributed by atoms with Gasteiger partial charge in [0.15, 0.2) is 0 Å². The predicted octanol–water partition coefficient (Wildman–Crippen LogP) is 3.01. The molecule has 1 aliphatic rings. The summed E-state index contributed by atoms with van der Waals surface area (Å²) in [6.45, 7) is 4.04. The summed E-state index contributed by atoms with van der Waals surface area (Å²) in [5.41, 5.74) is 3.45. The Morgan fingerprint density at radius 3 is 2.75 bits per heavy atom. The molecule has 1 fully saturated rings. The Bertz CT molecular complexity index is 343. The Balaban J connectivity index is 2.06. The van der Waals surface area contributed by atoms with E-state index in [0.717, 1.165) is 31.0 Å². The predicted molar refractivity (Wildman–Crippen MR) is 65.3 cm³/mol. The largest absolute Gasteiger partial charge is 0.317 e. The summed E-state index contributed by atoms with van der Waals surface area (Å²) in [5, 5.41) is 3.38. The van der Waals surface area contributed by atoms with Crippen molar-refractivity contribution >= 4 is 0 Å². The number of benzene rings is 1. The summed E-state index contributed by atoms with van der Waals surface area (Å²) in [5.74, 6) is 0.773. The number of alkyl halides is 1. The van der Waals surface area contributed by atoms with Crippen molar-refractivity contribution in [2.24, 2.45) is 5.92 Å². The first-order valence-electron chi connectivity index (χ1n) is 6.14. The summed E-state index contributed by atoms with van der Waals surface area (Å²) in [4.78, 5) is 0. The van der Waals surface area contributed by atoms with Gasteiger partial charge in [0.25, 0.3) is 0 Å². The Labute approximate surface area is 97.1 Å². The lowest BCUT2D eigenvalue weighted by Crippen LogP contribution is -2.28. The van der Waals surface area contributed by atoms with Crippen molar-refractivity contribution < 1.29 is 4.39 Å². The molecule has 1 nitrogen and oxygen atoms in total. The number of piperidine rings is 1. The van der Waals surface area contributed by atoms with E-state index in [1.54, 1.807) is 0 Å². The van der Waals surface area contributed by atoms with Crippen LogP contribution < -0.4 is 5.32 Å². The molecule has 0 aliphatic carbocycles. The molecule has 0 radical (unpaired) electrons. The molecule has 1 aliphatic heterocycles. The highest BCUT2D eigenvalue weighted by atomic mass is 19.1. The number of halogens is 1. The second-order valence-corrected chi connectivity index (χ2v) is 4.79. The summed E-state index contributed by atoms with van der Waals surface area (Å²) in [6.07, 6.45) is 3.61. The van der Waals surface area contributed by atoms with Gasteiger partial charge in [0.1, 0.15) is 6.67 Å². The van der Waals surface area contributed by atoms with E-state index in [-0.39, 0.29) is 6.67 Å². The molecule has 0 saturated carbocycles. The van der Waals surface area contributed by atoms with Crippen LogP contribution in [0.2, 0.25) is 0 Å². The van der Waals surface area contributed by atoms with Gasteiger partial charge in [0.2, 0.25) is 0 Å². The zero-order valence-electron chi connectivity index (χ0n) is 9.93. The van der Waals surface area contributed by atoms with Crippen LogP contribution in [-0.4, -0.2) is 13.1 Å². The number of nitrogens with one attached hydrogen (secondary N) is 1. The van der Waals surface area contributed by atoms with Crippen LogP contribution >= 0.6 is 0 Å². The van der Waals surface area contributed by atoms with E-state index in [0.29, 0.717) is 0 Å². The smallest absolute Gasteiger partial charge is 0.115 e. The van der Waals surface area contributed by atoms with Crippen molar-refractivity contribution in [3.05, 3.63) is 34.9 Å². The minimum Gasteiger partial charge on any atom is -0.317 e. The maximum Gasteiger partial charge on any atom is 0.115 e.